The number of piperazine rings is 1. The highest BCUT2D eigenvalue weighted by atomic mass is 16.5. The lowest BCUT2D eigenvalue weighted by molar-refractivity contribution is -0.118. The van der Waals surface area contributed by atoms with Gasteiger partial charge in [0, 0.05) is 37.6 Å². The average molecular weight is 432 g/mol. The first-order chi connectivity index (χ1) is 15.7. The largest absolute Gasteiger partial charge is 0.489 e. The summed E-state index contributed by atoms with van der Waals surface area (Å²) in [5.41, 5.74) is 3.06. The number of carbonyl (C=O) groups excluding carboxylic acids is 1. The maximum absolute atomic E-state index is 12.3. The molecule has 166 valence electrons. The molecule has 1 N–H and O–H groups in total. The van der Waals surface area contributed by atoms with Crippen LogP contribution in [0.1, 0.15) is 5.56 Å². The Kier molecular flexibility index (Phi) is 7.25. The zero-order chi connectivity index (χ0) is 22.2. The van der Waals surface area contributed by atoms with Crippen LogP contribution in [0.4, 0.5) is 11.4 Å². The Morgan fingerprint density at radius 3 is 2.09 bits per heavy atom. The Morgan fingerprint density at radius 2 is 1.44 bits per heavy atom. The van der Waals surface area contributed by atoms with Gasteiger partial charge in [-0.25, -0.2) is 0 Å². The molecule has 0 atom stereocenters. The van der Waals surface area contributed by atoms with E-state index in [4.69, 9.17) is 9.47 Å². The van der Waals surface area contributed by atoms with E-state index < -0.39 is 0 Å². The molecule has 1 fully saturated rings. The molecule has 1 amide bonds. The average Bonchev–Trinajstić information content (AvgIpc) is 2.84. The van der Waals surface area contributed by atoms with Crippen LogP contribution < -0.4 is 19.7 Å². The van der Waals surface area contributed by atoms with Gasteiger partial charge >= 0.3 is 0 Å². The summed E-state index contributed by atoms with van der Waals surface area (Å²) in [4.78, 5) is 17.0. The Labute approximate surface area is 189 Å². The summed E-state index contributed by atoms with van der Waals surface area (Å²) in [5.74, 6) is 1.19. The van der Waals surface area contributed by atoms with Crippen LogP contribution >= 0.6 is 0 Å². The van der Waals surface area contributed by atoms with E-state index in [0.29, 0.717) is 12.4 Å². The minimum atomic E-state index is -0.193. The fourth-order valence-electron chi connectivity index (χ4n) is 3.54. The number of rotatable bonds is 8. The standard InChI is InChI=1S/C26H29N3O3/c1-28-15-17-29(18-16-28)23-9-7-22(8-10-23)27-26(30)20-32-25-13-11-24(12-14-25)31-19-21-5-3-2-4-6-21/h2-14H,15-20H2,1H3,(H,27,30). The van der Waals surface area contributed by atoms with Crippen LogP contribution in [0.3, 0.4) is 0 Å². The highest BCUT2D eigenvalue weighted by Gasteiger charge is 2.14. The second-order valence-electron chi connectivity index (χ2n) is 7.92. The molecular formula is C26H29N3O3. The number of nitrogens with one attached hydrogen (secondary N) is 1. The van der Waals surface area contributed by atoms with Crippen molar-refractivity contribution >= 4 is 17.3 Å². The minimum Gasteiger partial charge on any atom is -0.489 e. The molecule has 6 nitrogen and oxygen atoms in total. The molecule has 3 aromatic carbocycles. The monoisotopic (exact) mass is 431 g/mol. The number of hydrogen-bond donors (Lipinski definition) is 1. The minimum absolute atomic E-state index is 0.0512. The molecule has 0 aromatic heterocycles. The number of nitrogens with zero attached hydrogens (tertiary/aromatic N) is 2. The van der Waals surface area contributed by atoms with E-state index in [9.17, 15) is 4.79 Å². The van der Waals surface area contributed by atoms with Crippen molar-refractivity contribution in [2.75, 3.05) is 50.1 Å². The second-order valence-corrected chi connectivity index (χ2v) is 7.92. The molecule has 1 saturated heterocycles. The third-order valence-corrected chi connectivity index (χ3v) is 5.46. The number of ether oxygens (including phenoxy) is 2. The van der Waals surface area contributed by atoms with E-state index >= 15 is 0 Å². The summed E-state index contributed by atoms with van der Waals surface area (Å²) in [5, 5.41) is 2.88. The fourth-order valence-corrected chi connectivity index (χ4v) is 3.54. The lowest BCUT2D eigenvalue weighted by Gasteiger charge is -2.34. The molecular weight excluding hydrogens is 402 g/mol. The van der Waals surface area contributed by atoms with Crippen molar-refractivity contribution in [3.05, 3.63) is 84.4 Å². The first-order valence-corrected chi connectivity index (χ1v) is 10.9. The summed E-state index contributed by atoms with van der Waals surface area (Å²) >= 11 is 0. The highest BCUT2D eigenvalue weighted by molar-refractivity contribution is 5.92. The van der Waals surface area contributed by atoms with Gasteiger partial charge in [-0.15, -0.1) is 0 Å². The van der Waals surface area contributed by atoms with Gasteiger partial charge in [0.2, 0.25) is 0 Å². The molecule has 4 rings (SSSR count). The van der Waals surface area contributed by atoms with Crippen molar-refractivity contribution in [3.63, 3.8) is 0 Å². The Morgan fingerprint density at radius 1 is 0.812 bits per heavy atom. The Bertz CT molecular complexity index is 983. The molecule has 1 heterocycles. The molecule has 0 radical (unpaired) electrons. The van der Waals surface area contributed by atoms with E-state index in [1.807, 2.05) is 54.6 Å². The topological polar surface area (TPSA) is 54.0 Å². The van der Waals surface area contributed by atoms with Crippen molar-refractivity contribution in [2.45, 2.75) is 6.61 Å². The van der Waals surface area contributed by atoms with Gasteiger partial charge in [0.05, 0.1) is 0 Å². The van der Waals surface area contributed by atoms with Crippen LogP contribution in [0.5, 0.6) is 11.5 Å². The van der Waals surface area contributed by atoms with Gasteiger partial charge in [-0.2, -0.15) is 0 Å². The Balaban J connectivity index is 1.20. The van der Waals surface area contributed by atoms with Crippen molar-refractivity contribution in [1.29, 1.82) is 0 Å². The van der Waals surface area contributed by atoms with Crippen LogP contribution in [-0.2, 0) is 11.4 Å². The fraction of sp³-hybridized carbons (Fsp3) is 0.269. The van der Waals surface area contributed by atoms with Gasteiger partial charge in [0.15, 0.2) is 6.61 Å². The predicted octanol–water partition coefficient (Wildman–Crippen LogP) is 4.03. The van der Waals surface area contributed by atoms with Crippen LogP contribution in [-0.4, -0.2) is 50.6 Å². The van der Waals surface area contributed by atoms with Gasteiger partial charge < -0.3 is 24.6 Å². The van der Waals surface area contributed by atoms with E-state index in [1.165, 1.54) is 5.69 Å². The van der Waals surface area contributed by atoms with Gasteiger partial charge in [-0.05, 0) is 61.1 Å². The summed E-state index contributed by atoms with van der Waals surface area (Å²) < 4.78 is 11.4. The number of hydrogen-bond acceptors (Lipinski definition) is 5. The van der Waals surface area contributed by atoms with Crippen molar-refractivity contribution in [3.8, 4) is 11.5 Å². The molecule has 32 heavy (non-hydrogen) atoms. The summed E-state index contributed by atoms with van der Waals surface area (Å²) in [6.45, 7) is 4.63. The van der Waals surface area contributed by atoms with Gasteiger partial charge in [-0.3, -0.25) is 4.79 Å². The van der Waals surface area contributed by atoms with E-state index in [-0.39, 0.29) is 12.5 Å². The van der Waals surface area contributed by atoms with E-state index in [0.717, 1.165) is 43.2 Å². The van der Waals surface area contributed by atoms with Gasteiger partial charge in [0.25, 0.3) is 5.91 Å². The maximum Gasteiger partial charge on any atom is 0.262 e. The summed E-state index contributed by atoms with van der Waals surface area (Å²) in [6.07, 6.45) is 0. The van der Waals surface area contributed by atoms with Crippen LogP contribution in [0, 0.1) is 0 Å². The predicted molar refractivity (Wildman–Crippen MR) is 127 cm³/mol. The van der Waals surface area contributed by atoms with E-state index in [2.05, 4.69) is 34.3 Å². The molecule has 0 unspecified atom stereocenters. The van der Waals surface area contributed by atoms with E-state index in [1.54, 1.807) is 12.1 Å². The SMILES string of the molecule is CN1CCN(c2ccc(NC(=O)COc3ccc(OCc4ccccc4)cc3)cc2)CC1. The smallest absolute Gasteiger partial charge is 0.262 e. The number of carbonyl (C=O) groups is 1. The molecule has 0 saturated carbocycles. The molecule has 6 heteroatoms. The first-order valence-electron chi connectivity index (χ1n) is 10.9. The lowest BCUT2D eigenvalue weighted by atomic mass is 10.2. The zero-order valence-electron chi connectivity index (χ0n) is 18.4. The molecule has 0 spiro atoms. The first kappa shape index (κ1) is 21.7. The van der Waals surface area contributed by atoms with Crippen LogP contribution in [0.2, 0.25) is 0 Å². The number of benzene rings is 3. The van der Waals surface area contributed by atoms with Crippen molar-refractivity contribution in [2.24, 2.45) is 0 Å². The van der Waals surface area contributed by atoms with Gasteiger partial charge in [0.1, 0.15) is 18.1 Å². The second kappa shape index (κ2) is 10.7. The normalized spacial score (nSPS) is 14.1. The lowest BCUT2D eigenvalue weighted by Crippen LogP contribution is -2.44. The third-order valence-electron chi connectivity index (χ3n) is 5.46. The third kappa shape index (κ3) is 6.25. The quantitative estimate of drug-likeness (QED) is 0.584. The molecule has 1 aliphatic rings. The molecule has 0 bridgehead atoms. The molecule has 1 aliphatic heterocycles. The van der Waals surface area contributed by atoms with Crippen molar-refractivity contribution < 1.29 is 14.3 Å². The van der Waals surface area contributed by atoms with Crippen LogP contribution in [0.15, 0.2) is 78.9 Å². The Hall–Kier alpha value is -3.51. The van der Waals surface area contributed by atoms with Gasteiger partial charge in [-0.1, -0.05) is 30.3 Å². The maximum atomic E-state index is 12.3. The number of amides is 1. The van der Waals surface area contributed by atoms with Crippen molar-refractivity contribution in [1.82, 2.24) is 4.90 Å². The number of anilines is 2. The number of likely N-dealkylation sites (N-methyl/N-ethyl adjacent to an activating group) is 1. The molecule has 3 aromatic rings. The summed E-state index contributed by atoms with van der Waals surface area (Å²) in [6, 6.07) is 25.3. The zero-order valence-corrected chi connectivity index (χ0v) is 18.4. The molecule has 0 aliphatic carbocycles. The van der Waals surface area contributed by atoms with Crippen LogP contribution in [0.25, 0.3) is 0 Å². The highest BCUT2D eigenvalue weighted by Crippen LogP contribution is 2.20. The summed E-state index contributed by atoms with van der Waals surface area (Å²) in [7, 11) is 2.15.